The van der Waals surface area contributed by atoms with Gasteiger partial charge in [0, 0.05) is 30.7 Å². The van der Waals surface area contributed by atoms with Crippen molar-refractivity contribution in [2.45, 2.75) is 13.2 Å². The van der Waals surface area contributed by atoms with Crippen molar-refractivity contribution in [2.75, 3.05) is 14.1 Å². The van der Waals surface area contributed by atoms with Crippen LogP contribution in [0.25, 0.3) is 0 Å². The predicted octanol–water partition coefficient (Wildman–Crippen LogP) is 4.66. The molecule has 5 nitrogen and oxygen atoms in total. The minimum atomic E-state index is -0.137. The molecule has 0 aliphatic heterocycles. The maximum absolute atomic E-state index is 13.0. The Labute approximate surface area is 184 Å². The second kappa shape index (κ2) is 10.1. The van der Waals surface area contributed by atoms with Gasteiger partial charge in [0.2, 0.25) is 0 Å². The van der Waals surface area contributed by atoms with Crippen LogP contribution >= 0.6 is 15.9 Å². The van der Waals surface area contributed by atoms with E-state index in [1.807, 2.05) is 48.5 Å². The number of ether oxygens (including phenoxy) is 1. The molecule has 6 heteroatoms. The summed E-state index contributed by atoms with van der Waals surface area (Å²) in [5.41, 5.74) is 3.04. The molecule has 3 rings (SSSR count). The third-order valence-corrected chi connectivity index (χ3v) is 5.10. The molecule has 0 saturated heterocycles. The van der Waals surface area contributed by atoms with Crippen molar-refractivity contribution in [1.29, 1.82) is 0 Å². The highest BCUT2D eigenvalue weighted by atomic mass is 79.9. The van der Waals surface area contributed by atoms with Crippen LogP contribution in [0.2, 0.25) is 0 Å². The van der Waals surface area contributed by atoms with Gasteiger partial charge in [-0.1, -0.05) is 52.3 Å². The molecule has 0 atom stereocenters. The van der Waals surface area contributed by atoms with Crippen LogP contribution in [0.15, 0.2) is 77.3 Å². The van der Waals surface area contributed by atoms with Crippen molar-refractivity contribution in [2.24, 2.45) is 0 Å². The van der Waals surface area contributed by atoms with E-state index in [1.165, 1.54) is 0 Å². The number of hydrogen-bond donors (Lipinski definition) is 1. The average Bonchev–Trinajstić information content (AvgIpc) is 2.77. The van der Waals surface area contributed by atoms with Gasteiger partial charge in [0.05, 0.1) is 5.56 Å². The number of carbonyl (C=O) groups excluding carboxylic acids is 2. The number of halogens is 1. The number of nitrogens with one attached hydrogen (secondary N) is 1. The number of carbonyl (C=O) groups is 2. The summed E-state index contributed by atoms with van der Waals surface area (Å²) >= 11 is 3.45. The van der Waals surface area contributed by atoms with Crippen molar-refractivity contribution in [3.05, 3.63) is 99.5 Å². The topological polar surface area (TPSA) is 58.6 Å². The van der Waals surface area contributed by atoms with Gasteiger partial charge in [-0.25, -0.2) is 0 Å². The molecule has 0 radical (unpaired) electrons. The molecule has 0 fully saturated rings. The molecule has 0 spiro atoms. The number of benzene rings is 3. The van der Waals surface area contributed by atoms with Crippen molar-refractivity contribution in [3.63, 3.8) is 0 Å². The fraction of sp³-hybridized carbons (Fsp3) is 0.167. The molecule has 1 N–H and O–H groups in total. The lowest BCUT2D eigenvalue weighted by Gasteiger charge is -2.19. The van der Waals surface area contributed by atoms with E-state index in [2.05, 4.69) is 21.2 Å². The van der Waals surface area contributed by atoms with E-state index in [4.69, 9.17) is 4.74 Å². The zero-order chi connectivity index (χ0) is 21.5. The summed E-state index contributed by atoms with van der Waals surface area (Å²) in [4.78, 5) is 26.3. The number of amides is 2. The van der Waals surface area contributed by atoms with E-state index < -0.39 is 0 Å². The lowest BCUT2D eigenvalue weighted by molar-refractivity contribution is 0.0779. The van der Waals surface area contributed by atoms with Crippen molar-refractivity contribution in [3.8, 4) is 5.75 Å². The number of nitrogens with zero attached hydrogens (tertiary/aromatic N) is 1. The summed E-state index contributed by atoms with van der Waals surface area (Å²) in [6, 6.07) is 22.3. The highest BCUT2D eigenvalue weighted by Crippen LogP contribution is 2.22. The van der Waals surface area contributed by atoms with Crippen molar-refractivity contribution >= 4 is 27.7 Å². The number of rotatable bonds is 7. The zero-order valence-corrected chi connectivity index (χ0v) is 18.5. The quantitative estimate of drug-likeness (QED) is 0.550. The van der Waals surface area contributed by atoms with Gasteiger partial charge in [-0.05, 0) is 47.5 Å². The van der Waals surface area contributed by atoms with Gasteiger partial charge in [-0.2, -0.15) is 0 Å². The van der Waals surface area contributed by atoms with Gasteiger partial charge >= 0.3 is 0 Å². The van der Waals surface area contributed by atoms with E-state index in [1.54, 1.807) is 43.3 Å². The van der Waals surface area contributed by atoms with Crippen LogP contribution in [0.3, 0.4) is 0 Å². The van der Waals surface area contributed by atoms with E-state index in [0.29, 0.717) is 30.0 Å². The monoisotopic (exact) mass is 466 g/mol. The summed E-state index contributed by atoms with van der Waals surface area (Å²) in [5, 5.41) is 2.59. The van der Waals surface area contributed by atoms with Crippen LogP contribution in [-0.4, -0.2) is 30.8 Å². The highest BCUT2D eigenvalue weighted by Gasteiger charge is 2.17. The van der Waals surface area contributed by atoms with Gasteiger partial charge in [-0.15, -0.1) is 0 Å². The van der Waals surface area contributed by atoms with E-state index >= 15 is 0 Å². The Morgan fingerprint density at radius 3 is 2.40 bits per heavy atom. The van der Waals surface area contributed by atoms with Crippen LogP contribution in [0, 0.1) is 0 Å². The Morgan fingerprint density at radius 1 is 0.967 bits per heavy atom. The molecule has 3 aromatic rings. The molecule has 0 saturated carbocycles. The largest absolute Gasteiger partial charge is 0.488 e. The molecule has 0 bridgehead atoms. The summed E-state index contributed by atoms with van der Waals surface area (Å²) in [5.74, 6) is 0.280. The second-order valence-corrected chi connectivity index (χ2v) is 7.77. The molecule has 0 heterocycles. The van der Waals surface area contributed by atoms with E-state index in [9.17, 15) is 9.59 Å². The predicted molar refractivity (Wildman–Crippen MR) is 121 cm³/mol. The first-order chi connectivity index (χ1) is 14.5. The van der Waals surface area contributed by atoms with Crippen LogP contribution in [-0.2, 0) is 13.2 Å². The summed E-state index contributed by atoms with van der Waals surface area (Å²) in [6.45, 7) is 0.793. The first kappa shape index (κ1) is 21.6. The van der Waals surface area contributed by atoms with E-state index in [-0.39, 0.29) is 11.8 Å². The smallest absolute Gasteiger partial charge is 0.257 e. The molecule has 0 aromatic heterocycles. The highest BCUT2D eigenvalue weighted by molar-refractivity contribution is 9.10. The third kappa shape index (κ3) is 5.48. The summed E-state index contributed by atoms with van der Waals surface area (Å²) in [7, 11) is 3.35. The number of para-hydroxylation sites is 1. The molecule has 3 aromatic carbocycles. The minimum Gasteiger partial charge on any atom is -0.488 e. The Balaban J connectivity index is 1.69. The molecule has 0 aliphatic rings. The third-order valence-electron chi connectivity index (χ3n) is 4.61. The summed E-state index contributed by atoms with van der Waals surface area (Å²) in [6.07, 6.45) is 0. The van der Waals surface area contributed by atoms with Gasteiger partial charge in [0.15, 0.2) is 0 Å². The van der Waals surface area contributed by atoms with Gasteiger partial charge in [-0.3, -0.25) is 9.59 Å². The standard InChI is InChI=1S/C24H23BrN2O3/c1-26-23(28)19-12-10-17(11-13-19)15-27(2)24(29)21-8-3-4-9-22(21)30-16-18-6-5-7-20(25)14-18/h3-14H,15-16H2,1-2H3,(H,26,28). The Kier molecular flexibility index (Phi) is 7.25. The first-order valence-corrected chi connectivity index (χ1v) is 10.3. The Hall–Kier alpha value is -3.12. The molecule has 0 unspecified atom stereocenters. The van der Waals surface area contributed by atoms with Crippen LogP contribution < -0.4 is 10.1 Å². The molecule has 0 aliphatic carbocycles. The molecule has 154 valence electrons. The SMILES string of the molecule is CNC(=O)c1ccc(CN(C)C(=O)c2ccccc2OCc2cccc(Br)c2)cc1. The van der Waals surface area contributed by atoms with E-state index in [0.717, 1.165) is 15.6 Å². The van der Waals surface area contributed by atoms with Crippen LogP contribution in [0.1, 0.15) is 31.8 Å². The Bertz CT molecular complexity index is 1030. The fourth-order valence-corrected chi connectivity index (χ4v) is 3.46. The first-order valence-electron chi connectivity index (χ1n) is 9.50. The normalized spacial score (nSPS) is 10.4. The van der Waals surface area contributed by atoms with Crippen molar-refractivity contribution in [1.82, 2.24) is 10.2 Å². The van der Waals surface area contributed by atoms with Crippen LogP contribution in [0.4, 0.5) is 0 Å². The van der Waals surface area contributed by atoms with Crippen LogP contribution in [0.5, 0.6) is 5.75 Å². The molecular formula is C24H23BrN2O3. The molecule has 30 heavy (non-hydrogen) atoms. The molecular weight excluding hydrogens is 444 g/mol. The fourth-order valence-electron chi connectivity index (χ4n) is 3.01. The van der Waals surface area contributed by atoms with Gasteiger partial charge in [0.25, 0.3) is 11.8 Å². The maximum atomic E-state index is 13.0. The Morgan fingerprint density at radius 2 is 1.70 bits per heavy atom. The molecule has 2 amide bonds. The van der Waals surface area contributed by atoms with Gasteiger partial charge in [0.1, 0.15) is 12.4 Å². The zero-order valence-electron chi connectivity index (χ0n) is 16.9. The lowest BCUT2D eigenvalue weighted by Crippen LogP contribution is -2.26. The minimum absolute atomic E-state index is 0.129. The van der Waals surface area contributed by atoms with Crippen molar-refractivity contribution < 1.29 is 14.3 Å². The summed E-state index contributed by atoms with van der Waals surface area (Å²) < 4.78 is 6.92. The number of hydrogen-bond acceptors (Lipinski definition) is 3. The maximum Gasteiger partial charge on any atom is 0.257 e. The van der Waals surface area contributed by atoms with Gasteiger partial charge < -0.3 is 15.0 Å². The second-order valence-electron chi connectivity index (χ2n) is 6.85. The lowest BCUT2D eigenvalue weighted by atomic mass is 10.1. The average molecular weight is 467 g/mol.